The standard InChI is InChI=1S/C36H43N3O3/c1-3-20-39(36(41)42-26-28-16-14-27(2)15-17-28)33-18-21-38(22-19-33)25-31-23-32(24-34(31)29-10-6-4-7-11-29)37-35(40)30-12-8-5-9-13-30/h3-17,31-34H,1,18-26H2,2H3,(H,37,40). The zero-order chi connectivity index (χ0) is 29.3. The first-order valence-corrected chi connectivity index (χ1v) is 15.2. The first kappa shape index (κ1) is 29.6. The minimum Gasteiger partial charge on any atom is -0.445 e. The molecule has 0 radical (unpaired) electrons. The molecule has 42 heavy (non-hydrogen) atoms. The van der Waals surface area contributed by atoms with Crippen LogP contribution in [0.3, 0.4) is 0 Å². The first-order valence-electron chi connectivity index (χ1n) is 15.2. The van der Waals surface area contributed by atoms with Crippen LogP contribution < -0.4 is 5.32 Å². The highest BCUT2D eigenvalue weighted by Gasteiger charge is 2.38. The lowest BCUT2D eigenvalue weighted by atomic mass is 9.88. The number of rotatable bonds is 10. The van der Waals surface area contributed by atoms with E-state index in [1.807, 2.05) is 66.4 Å². The summed E-state index contributed by atoms with van der Waals surface area (Å²) in [7, 11) is 0. The van der Waals surface area contributed by atoms with Crippen molar-refractivity contribution >= 4 is 12.0 Å². The largest absolute Gasteiger partial charge is 0.445 e. The number of likely N-dealkylation sites (tertiary alicyclic amines) is 1. The number of carbonyl (C=O) groups is 2. The fraction of sp³-hybridized carbons (Fsp3) is 0.389. The molecule has 5 rings (SSSR count). The van der Waals surface area contributed by atoms with Gasteiger partial charge in [-0.2, -0.15) is 0 Å². The van der Waals surface area contributed by atoms with E-state index in [-0.39, 0.29) is 30.7 Å². The minimum absolute atomic E-state index is 0.00505. The fourth-order valence-electron chi connectivity index (χ4n) is 6.58. The topological polar surface area (TPSA) is 61.9 Å². The van der Waals surface area contributed by atoms with Gasteiger partial charge >= 0.3 is 6.09 Å². The van der Waals surface area contributed by atoms with Gasteiger partial charge in [0.15, 0.2) is 0 Å². The molecule has 2 fully saturated rings. The van der Waals surface area contributed by atoms with Gasteiger partial charge in [0.1, 0.15) is 6.61 Å². The van der Waals surface area contributed by atoms with Crippen molar-refractivity contribution in [2.45, 2.75) is 57.2 Å². The summed E-state index contributed by atoms with van der Waals surface area (Å²) in [4.78, 5) is 30.4. The Labute approximate surface area is 250 Å². The van der Waals surface area contributed by atoms with Crippen molar-refractivity contribution in [2.24, 2.45) is 5.92 Å². The van der Waals surface area contributed by atoms with Crippen LogP contribution >= 0.6 is 0 Å². The second-order valence-corrected chi connectivity index (χ2v) is 11.8. The Morgan fingerprint density at radius 3 is 2.29 bits per heavy atom. The van der Waals surface area contributed by atoms with Gasteiger partial charge in [0.2, 0.25) is 0 Å². The number of aryl methyl sites for hydroxylation is 1. The number of ether oxygens (including phenoxy) is 1. The molecule has 1 saturated carbocycles. The molecule has 0 spiro atoms. The van der Waals surface area contributed by atoms with Gasteiger partial charge in [-0.15, -0.1) is 6.58 Å². The van der Waals surface area contributed by atoms with E-state index in [9.17, 15) is 9.59 Å². The number of benzene rings is 3. The summed E-state index contributed by atoms with van der Waals surface area (Å²) in [6.07, 6.45) is 5.24. The fourth-order valence-corrected chi connectivity index (χ4v) is 6.58. The molecule has 6 nitrogen and oxygen atoms in total. The van der Waals surface area contributed by atoms with Crippen molar-refractivity contribution in [3.8, 4) is 0 Å². The van der Waals surface area contributed by atoms with E-state index in [1.54, 1.807) is 6.08 Å². The molecule has 3 aromatic rings. The van der Waals surface area contributed by atoms with E-state index in [0.29, 0.717) is 23.9 Å². The van der Waals surface area contributed by atoms with Crippen molar-refractivity contribution in [2.75, 3.05) is 26.2 Å². The third-order valence-electron chi connectivity index (χ3n) is 8.83. The molecular formula is C36H43N3O3. The Morgan fingerprint density at radius 1 is 0.952 bits per heavy atom. The first-order chi connectivity index (χ1) is 20.5. The summed E-state index contributed by atoms with van der Waals surface area (Å²) >= 11 is 0. The smallest absolute Gasteiger partial charge is 0.410 e. The maximum Gasteiger partial charge on any atom is 0.410 e. The Bertz CT molecular complexity index is 1300. The van der Waals surface area contributed by atoms with Gasteiger partial charge in [0.05, 0.1) is 0 Å². The highest BCUT2D eigenvalue weighted by atomic mass is 16.6. The van der Waals surface area contributed by atoms with Crippen LogP contribution in [0, 0.1) is 12.8 Å². The van der Waals surface area contributed by atoms with Crippen molar-refractivity contribution in [3.05, 3.63) is 120 Å². The number of hydrogen-bond acceptors (Lipinski definition) is 4. The quantitative estimate of drug-likeness (QED) is 0.282. The van der Waals surface area contributed by atoms with Gasteiger partial charge < -0.3 is 19.9 Å². The summed E-state index contributed by atoms with van der Waals surface area (Å²) in [6.45, 7) is 9.54. The highest BCUT2D eigenvalue weighted by Crippen LogP contribution is 2.41. The van der Waals surface area contributed by atoms with Crippen LogP contribution in [0.15, 0.2) is 97.6 Å². The number of nitrogens with one attached hydrogen (secondary N) is 1. The van der Waals surface area contributed by atoms with Crippen molar-refractivity contribution in [3.63, 3.8) is 0 Å². The minimum atomic E-state index is -0.272. The van der Waals surface area contributed by atoms with Crippen LogP contribution in [0.4, 0.5) is 4.79 Å². The monoisotopic (exact) mass is 565 g/mol. The summed E-state index contributed by atoms with van der Waals surface area (Å²) < 4.78 is 5.70. The van der Waals surface area contributed by atoms with Gasteiger partial charge in [-0.25, -0.2) is 4.79 Å². The molecular weight excluding hydrogens is 522 g/mol. The molecule has 1 aliphatic carbocycles. The number of amides is 2. The van der Waals surface area contributed by atoms with Gasteiger partial charge in [0, 0.05) is 43.8 Å². The average molecular weight is 566 g/mol. The summed E-state index contributed by atoms with van der Waals surface area (Å²) in [5.74, 6) is 0.859. The normalized spacial score (nSPS) is 21.0. The number of hydrogen-bond donors (Lipinski definition) is 1. The average Bonchev–Trinajstić information content (AvgIpc) is 3.42. The second kappa shape index (κ2) is 14.3. The molecule has 6 heteroatoms. The van der Waals surface area contributed by atoms with Gasteiger partial charge in [-0.05, 0) is 67.7 Å². The molecule has 0 bridgehead atoms. The Hall–Kier alpha value is -3.90. The van der Waals surface area contributed by atoms with Gasteiger partial charge in [-0.1, -0.05) is 84.4 Å². The molecule has 2 amide bonds. The van der Waals surface area contributed by atoms with E-state index < -0.39 is 0 Å². The summed E-state index contributed by atoms with van der Waals surface area (Å²) in [5, 5.41) is 3.31. The SMILES string of the molecule is C=CCN(C(=O)OCc1ccc(C)cc1)C1CCN(CC2CC(NC(=O)c3ccccc3)CC2c2ccccc2)CC1. The molecule has 3 unspecified atom stereocenters. The predicted molar refractivity (Wildman–Crippen MR) is 167 cm³/mol. The Morgan fingerprint density at radius 2 is 1.62 bits per heavy atom. The Kier molecular flexibility index (Phi) is 10.1. The van der Waals surface area contributed by atoms with Crippen molar-refractivity contribution in [1.29, 1.82) is 0 Å². The lowest BCUT2D eigenvalue weighted by Crippen LogP contribution is -2.48. The lowest BCUT2D eigenvalue weighted by molar-refractivity contribution is 0.0628. The summed E-state index contributed by atoms with van der Waals surface area (Å²) in [6, 6.07) is 28.6. The maximum atomic E-state index is 13.1. The number of carbonyl (C=O) groups excluding carboxylic acids is 2. The predicted octanol–water partition coefficient (Wildman–Crippen LogP) is 6.58. The third kappa shape index (κ3) is 7.68. The van der Waals surface area contributed by atoms with Crippen LogP contribution in [0.2, 0.25) is 0 Å². The van der Waals surface area contributed by atoms with E-state index >= 15 is 0 Å². The highest BCUT2D eigenvalue weighted by molar-refractivity contribution is 5.94. The van der Waals surface area contributed by atoms with Crippen LogP contribution in [-0.4, -0.2) is 60.1 Å². The Balaban J connectivity index is 1.17. The third-order valence-corrected chi connectivity index (χ3v) is 8.83. The van der Waals surface area contributed by atoms with Crippen LogP contribution in [-0.2, 0) is 11.3 Å². The number of piperidine rings is 1. The molecule has 3 atom stereocenters. The zero-order valence-corrected chi connectivity index (χ0v) is 24.7. The molecule has 3 aromatic carbocycles. The molecule has 0 aromatic heterocycles. The van der Waals surface area contributed by atoms with Gasteiger partial charge in [0.25, 0.3) is 5.91 Å². The van der Waals surface area contributed by atoms with Gasteiger partial charge in [-0.3, -0.25) is 4.79 Å². The lowest BCUT2D eigenvalue weighted by Gasteiger charge is -2.39. The van der Waals surface area contributed by atoms with Crippen LogP contribution in [0.5, 0.6) is 0 Å². The summed E-state index contributed by atoms with van der Waals surface area (Å²) in [5.41, 5.74) is 4.23. The van der Waals surface area contributed by atoms with Crippen molar-refractivity contribution in [1.82, 2.24) is 15.1 Å². The van der Waals surface area contributed by atoms with Crippen molar-refractivity contribution < 1.29 is 14.3 Å². The van der Waals surface area contributed by atoms with E-state index in [1.165, 1.54) is 11.1 Å². The van der Waals surface area contributed by atoms with E-state index in [4.69, 9.17) is 4.74 Å². The van der Waals surface area contributed by atoms with Crippen LogP contribution in [0.1, 0.15) is 58.6 Å². The van der Waals surface area contributed by atoms with E-state index in [0.717, 1.165) is 50.9 Å². The molecule has 1 aliphatic heterocycles. The molecule has 2 aliphatic rings. The second-order valence-electron chi connectivity index (χ2n) is 11.8. The molecule has 1 N–H and O–H groups in total. The molecule has 1 saturated heterocycles. The van der Waals surface area contributed by atoms with Crippen LogP contribution in [0.25, 0.3) is 0 Å². The molecule has 220 valence electrons. The van der Waals surface area contributed by atoms with E-state index in [2.05, 4.69) is 47.1 Å². The maximum absolute atomic E-state index is 13.1. The number of nitrogens with zero attached hydrogens (tertiary/aromatic N) is 2. The molecule has 1 heterocycles. The zero-order valence-electron chi connectivity index (χ0n) is 24.7.